The van der Waals surface area contributed by atoms with Gasteiger partial charge >= 0.3 is 5.97 Å². The molecule has 0 atom stereocenters. The first-order valence-corrected chi connectivity index (χ1v) is 4.60. The molecule has 2 N–H and O–H groups in total. The molecule has 0 aliphatic rings. The van der Waals surface area contributed by atoms with Gasteiger partial charge in [-0.1, -0.05) is 0 Å². The molecule has 0 radical (unpaired) electrons. The van der Waals surface area contributed by atoms with E-state index in [-0.39, 0.29) is 17.0 Å². The number of nitrogens with zero attached hydrogens (tertiary/aromatic N) is 2. The summed E-state index contributed by atoms with van der Waals surface area (Å²) in [6.07, 6.45) is -0.114. The van der Waals surface area contributed by atoms with E-state index in [2.05, 4.69) is 15.2 Å². The largest absolute Gasteiger partial charge is 0.478 e. The lowest BCUT2D eigenvalue weighted by molar-refractivity contribution is 0.0696. The summed E-state index contributed by atoms with van der Waals surface area (Å²) >= 11 is 0. The van der Waals surface area contributed by atoms with Crippen LogP contribution in [0.1, 0.15) is 22.5 Å². The van der Waals surface area contributed by atoms with Gasteiger partial charge in [-0.05, 0) is 12.1 Å². The van der Waals surface area contributed by atoms with E-state index in [1.54, 1.807) is 0 Å². The van der Waals surface area contributed by atoms with Crippen LogP contribution in [-0.2, 0) is 0 Å². The van der Waals surface area contributed by atoms with Crippen LogP contribution < -0.4 is 0 Å². The third-order valence-corrected chi connectivity index (χ3v) is 2.11. The van der Waals surface area contributed by atoms with E-state index >= 15 is 0 Å². The number of halogens is 2. The first-order valence-electron chi connectivity index (χ1n) is 4.60. The zero-order chi connectivity index (χ0) is 12.4. The lowest BCUT2D eigenvalue weighted by Gasteiger charge is -1.97. The second-order valence-electron chi connectivity index (χ2n) is 3.28. The van der Waals surface area contributed by atoms with E-state index in [9.17, 15) is 13.6 Å². The number of hydrogen-bond acceptors (Lipinski definition) is 3. The van der Waals surface area contributed by atoms with Crippen molar-refractivity contribution in [2.45, 2.75) is 6.43 Å². The van der Waals surface area contributed by atoms with Crippen LogP contribution in [0.5, 0.6) is 0 Å². The molecule has 0 aliphatic carbocycles. The maximum Gasteiger partial charge on any atom is 0.337 e. The minimum atomic E-state index is -2.65. The summed E-state index contributed by atoms with van der Waals surface area (Å²) in [7, 11) is 0. The quantitative estimate of drug-likeness (QED) is 0.859. The van der Waals surface area contributed by atoms with Crippen LogP contribution in [0.2, 0.25) is 0 Å². The van der Waals surface area contributed by atoms with Gasteiger partial charge in [-0.2, -0.15) is 5.10 Å². The first-order chi connectivity index (χ1) is 8.08. The molecule has 0 fully saturated rings. The fraction of sp³-hybridized carbons (Fsp3) is 0.100. The minimum absolute atomic E-state index is 0.0240. The number of pyridine rings is 1. The average Bonchev–Trinajstić information content (AvgIpc) is 2.78. The van der Waals surface area contributed by atoms with Gasteiger partial charge in [0.15, 0.2) is 0 Å². The monoisotopic (exact) mass is 239 g/mol. The Bertz CT molecular complexity index is 554. The summed E-state index contributed by atoms with van der Waals surface area (Å²) in [5.74, 6) is -1.14. The molecule has 0 amide bonds. The molecule has 0 saturated heterocycles. The zero-order valence-electron chi connectivity index (χ0n) is 8.39. The van der Waals surface area contributed by atoms with Gasteiger partial charge in [0, 0.05) is 18.0 Å². The van der Waals surface area contributed by atoms with Crippen LogP contribution in [0.25, 0.3) is 11.3 Å². The number of carboxylic acid groups (broad SMARTS) is 1. The molecule has 2 aromatic rings. The average molecular weight is 239 g/mol. The topological polar surface area (TPSA) is 78.9 Å². The molecule has 0 saturated carbocycles. The first kappa shape index (κ1) is 11.2. The van der Waals surface area contributed by atoms with E-state index in [1.165, 1.54) is 18.5 Å². The Morgan fingerprint density at radius 3 is 2.71 bits per heavy atom. The van der Waals surface area contributed by atoms with Gasteiger partial charge in [-0.25, -0.2) is 13.6 Å². The lowest BCUT2D eigenvalue weighted by Crippen LogP contribution is -1.97. The number of aromatic carboxylic acids is 1. The van der Waals surface area contributed by atoms with E-state index in [0.29, 0.717) is 5.56 Å². The molecule has 0 unspecified atom stereocenters. The van der Waals surface area contributed by atoms with Crippen molar-refractivity contribution in [1.29, 1.82) is 0 Å². The lowest BCUT2D eigenvalue weighted by atomic mass is 10.1. The number of alkyl halides is 2. The summed E-state index contributed by atoms with van der Waals surface area (Å²) in [5, 5.41) is 14.6. The van der Waals surface area contributed by atoms with Crippen molar-refractivity contribution in [1.82, 2.24) is 15.2 Å². The maximum atomic E-state index is 12.3. The third-order valence-electron chi connectivity index (χ3n) is 2.11. The van der Waals surface area contributed by atoms with Crippen molar-refractivity contribution in [2.24, 2.45) is 0 Å². The predicted molar refractivity (Wildman–Crippen MR) is 53.7 cm³/mol. The van der Waals surface area contributed by atoms with Crippen LogP contribution in [0, 0.1) is 0 Å². The van der Waals surface area contributed by atoms with E-state index in [4.69, 9.17) is 5.11 Å². The number of nitrogens with one attached hydrogen (secondary N) is 1. The smallest absolute Gasteiger partial charge is 0.337 e. The van der Waals surface area contributed by atoms with E-state index in [1.807, 2.05) is 0 Å². The summed E-state index contributed by atoms with van der Waals surface area (Å²) < 4.78 is 24.6. The Morgan fingerprint density at radius 2 is 2.12 bits per heavy atom. The second-order valence-corrected chi connectivity index (χ2v) is 3.28. The molecule has 5 nitrogen and oxygen atoms in total. The normalized spacial score (nSPS) is 10.8. The summed E-state index contributed by atoms with van der Waals surface area (Å²) in [6.45, 7) is 0. The molecule has 7 heteroatoms. The van der Waals surface area contributed by atoms with Crippen molar-refractivity contribution in [3.8, 4) is 11.3 Å². The van der Waals surface area contributed by atoms with Crippen LogP contribution in [0.15, 0.2) is 24.5 Å². The van der Waals surface area contributed by atoms with Gasteiger partial charge in [0.1, 0.15) is 5.69 Å². The van der Waals surface area contributed by atoms with Crippen molar-refractivity contribution < 1.29 is 18.7 Å². The molecule has 0 aliphatic heterocycles. The highest BCUT2D eigenvalue weighted by Gasteiger charge is 2.13. The van der Waals surface area contributed by atoms with Gasteiger partial charge in [0.05, 0.1) is 11.3 Å². The molecule has 17 heavy (non-hydrogen) atoms. The van der Waals surface area contributed by atoms with E-state index < -0.39 is 12.4 Å². The second kappa shape index (κ2) is 4.28. The van der Waals surface area contributed by atoms with Crippen molar-refractivity contribution in [3.05, 3.63) is 35.8 Å². The minimum Gasteiger partial charge on any atom is -0.478 e. The predicted octanol–water partition coefficient (Wildman–Crippen LogP) is 2.11. The standard InChI is InChI=1S/C10H7F2N3O2/c11-9(12)8-2-7(14-15-8)5-1-6(10(16)17)4-13-3-5/h1-4,9H,(H,14,15)(H,16,17). The van der Waals surface area contributed by atoms with Crippen LogP contribution in [0.4, 0.5) is 8.78 Å². The maximum absolute atomic E-state index is 12.3. The molecular weight excluding hydrogens is 232 g/mol. The van der Waals surface area contributed by atoms with Gasteiger partial charge < -0.3 is 5.11 Å². The molecule has 0 aromatic carbocycles. The van der Waals surface area contributed by atoms with Crippen LogP contribution in [0.3, 0.4) is 0 Å². The van der Waals surface area contributed by atoms with Gasteiger partial charge in [-0.3, -0.25) is 10.1 Å². The number of rotatable bonds is 3. The molecule has 0 bridgehead atoms. The molecule has 88 valence electrons. The van der Waals surface area contributed by atoms with Crippen LogP contribution in [-0.4, -0.2) is 26.3 Å². The molecule has 2 heterocycles. The van der Waals surface area contributed by atoms with Crippen molar-refractivity contribution in [2.75, 3.05) is 0 Å². The van der Waals surface area contributed by atoms with Crippen molar-refractivity contribution >= 4 is 5.97 Å². The van der Waals surface area contributed by atoms with Gasteiger partial charge in [0.2, 0.25) is 0 Å². The molecular formula is C10H7F2N3O2. The summed E-state index contributed by atoms with van der Waals surface area (Å²) in [6, 6.07) is 2.48. The summed E-state index contributed by atoms with van der Waals surface area (Å²) in [4.78, 5) is 14.4. The Kier molecular flexibility index (Phi) is 2.82. The fourth-order valence-electron chi connectivity index (χ4n) is 1.29. The number of aromatic nitrogens is 3. The number of hydrogen-bond donors (Lipinski definition) is 2. The summed E-state index contributed by atoms with van der Waals surface area (Å²) in [5.41, 5.74) is 0.258. The number of H-pyrrole nitrogens is 1. The number of aromatic amines is 1. The Hall–Kier alpha value is -2.31. The van der Waals surface area contributed by atoms with Crippen molar-refractivity contribution in [3.63, 3.8) is 0 Å². The zero-order valence-corrected chi connectivity index (χ0v) is 8.39. The van der Waals surface area contributed by atoms with Gasteiger partial charge in [-0.15, -0.1) is 0 Å². The third kappa shape index (κ3) is 2.27. The van der Waals surface area contributed by atoms with Crippen LogP contribution >= 0.6 is 0 Å². The highest BCUT2D eigenvalue weighted by molar-refractivity contribution is 5.88. The SMILES string of the molecule is O=C(O)c1cncc(-c2cc(C(F)F)[nH]n2)c1. The highest BCUT2D eigenvalue weighted by Crippen LogP contribution is 2.23. The number of carboxylic acids is 1. The number of carbonyl (C=O) groups is 1. The molecule has 2 rings (SSSR count). The van der Waals surface area contributed by atoms with E-state index in [0.717, 1.165) is 6.07 Å². The molecule has 0 spiro atoms. The Labute approximate surface area is 94.1 Å². The molecule has 2 aromatic heterocycles. The highest BCUT2D eigenvalue weighted by atomic mass is 19.3. The van der Waals surface area contributed by atoms with Gasteiger partial charge in [0.25, 0.3) is 6.43 Å². The Balaban J connectivity index is 2.38. The Morgan fingerprint density at radius 1 is 1.35 bits per heavy atom. The fourth-order valence-corrected chi connectivity index (χ4v) is 1.29.